The molecule has 2 aromatic heterocycles. The fraction of sp³-hybridized carbons (Fsp3) is 0.333. The molecule has 0 unspecified atom stereocenters. The van der Waals surface area contributed by atoms with Gasteiger partial charge in [-0.05, 0) is 24.6 Å². The van der Waals surface area contributed by atoms with Gasteiger partial charge in [-0.3, -0.25) is 4.79 Å². The van der Waals surface area contributed by atoms with Gasteiger partial charge in [0.1, 0.15) is 5.75 Å². The highest BCUT2D eigenvalue weighted by molar-refractivity contribution is 5.96. The van der Waals surface area contributed by atoms with E-state index in [9.17, 15) is 19.8 Å². The van der Waals surface area contributed by atoms with Crippen LogP contribution in [0.25, 0.3) is 22.2 Å². The van der Waals surface area contributed by atoms with Crippen molar-refractivity contribution in [1.29, 1.82) is 0 Å². The van der Waals surface area contributed by atoms with Crippen LogP contribution in [0.2, 0.25) is 0 Å². The van der Waals surface area contributed by atoms with Gasteiger partial charge in [-0.15, -0.1) is 0 Å². The number of H-pyrrole nitrogens is 1. The highest BCUT2D eigenvalue weighted by Crippen LogP contribution is 2.39. The summed E-state index contributed by atoms with van der Waals surface area (Å²) in [6.07, 6.45) is 0.396. The van der Waals surface area contributed by atoms with E-state index in [0.29, 0.717) is 30.3 Å². The lowest BCUT2D eigenvalue weighted by Crippen LogP contribution is -2.22. The zero-order valence-corrected chi connectivity index (χ0v) is 16.6. The Labute approximate surface area is 167 Å². The number of fused-ring (bicyclic) bond motifs is 4. The van der Waals surface area contributed by atoms with Crippen LogP contribution < -0.4 is 16.2 Å². The summed E-state index contributed by atoms with van der Waals surface area (Å²) in [5, 5.41) is 27.5. The number of hydrogen-bond acceptors (Lipinski definition) is 5. The SMILES string of the molecule is CC(C)NCc1cc2cc3c(cc2n1C)NCCc1c-3[nH]c(=O)c(C(=O)O)c1O. The molecule has 0 fully saturated rings. The number of nitrogens with zero attached hydrogens (tertiary/aromatic N) is 1. The van der Waals surface area contributed by atoms with Crippen LogP contribution in [0.15, 0.2) is 23.0 Å². The molecule has 1 aliphatic heterocycles. The first-order valence-electron chi connectivity index (χ1n) is 9.59. The Morgan fingerprint density at radius 3 is 2.76 bits per heavy atom. The number of carbonyl (C=O) groups is 1. The third kappa shape index (κ3) is 3.15. The number of anilines is 1. The van der Waals surface area contributed by atoms with Gasteiger partial charge in [-0.2, -0.15) is 0 Å². The van der Waals surface area contributed by atoms with Crippen LogP contribution in [0.1, 0.15) is 35.5 Å². The molecule has 1 aliphatic rings. The quantitative estimate of drug-likeness (QED) is 0.462. The van der Waals surface area contributed by atoms with Crippen molar-refractivity contribution in [3.8, 4) is 17.0 Å². The summed E-state index contributed by atoms with van der Waals surface area (Å²) < 4.78 is 2.13. The molecule has 0 atom stereocenters. The molecule has 152 valence electrons. The first-order valence-corrected chi connectivity index (χ1v) is 9.59. The van der Waals surface area contributed by atoms with E-state index < -0.39 is 22.8 Å². The minimum Gasteiger partial charge on any atom is -0.506 e. The zero-order chi connectivity index (χ0) is 20.9. The molecule has 0 saturated heterocycles. The van der Waals surface area contributed by atoms with Crippen molar-refractivity contribution >= 4 is 22.6 Å². The largest absolute Gasteiger partial charge is 0.506 e. The van der Waals surface area contributed by atoms with E-state index in [4.69, 9.17) is 0 Å². The number of aromatic amines is 1. The third-order valence-electron chi connectivity index (χ3n) is 5.44. The summed E-state index contributed by atoms with van der Waals surface area (Å²) in [6.45, 7) is 5.44. The Hall–Kier alpha value is -3.26. The number of carboxylic acid groups (broad SMARTS) is 1. The monoisotopic (exact) mass is 396 g/mol. The molecule has 29 heavy (non-hydrogen) atoms. The molecular weight excluding hydrogens is 372 g/mol. The van der Waals surface area contributed by atoms with Crippen molar-refractivity contribution in [3.05, 3.63) is 45.4 Å². The van der Waals surface area contributed by atoms with Crippen LogP contribution >= 0.6 is 0 Å². The number of carboxylic acids is 1. The Morgan fingerprint density at radius 2 is 2.07 bits per heavy atom. The number of aromatic nitrogens is 2. The van der Waals surface area contributed by atoms with E-state index in [1.165, 1.54) is 0 Å². The van der Waals surface area contributed by atoms with E-state index in [1.807, 2.05) is 19.2 Å². The van der Waals surface area contributed by atoms with Gasteiger partial charge in [0.15, 0.2) is 5.56 Å². The maximum absolute atomic E-state index is 12.3. The predicted molar refractivity (Wildman–Crippen MR) is 112 cm³/mol. The van der Waals surface area contributed by atoms with E-state index in [2.05, 4.69) is 40.1 Å². The molecule has 0 radical (unpaired) electrons. The van der Waals surface area contributed by atoms with Gasteiger partial charge in [0, 0.05) is 54.1 Å². The molecule has 0 spiro atoms. The molecule has 5 N–H and O–H groups in total. The van der Waals surface area contributed by atoms with Crippen molar-refractivity contribution in [3.63, 3.8) is 0 Å². The molecule has 3 aromatic rings. The van der Waals surface area contributed by atoms with Gasteiger partial charge >= 0.3 is 5.97 Å². The van der Waals surface area contributed by atoms with Gasteiger partial charge in [-0.25, -0.2) is 4.79 Å². The molecular formula is C21H24N4O4. The lowest BCUT2D eigenvalue weighted by Gasteiger charge is -2.12. The summed E-state index contributed by atoms with van der Waals surface area (Å²) >= 11 is 0. The van der Waals surface area contributed by atoms with Gasteiger partial charge in [0.2, 0.25) is 0 Å². The lowest BCUT2D eigenvalue weighted by atomic mass is 9.99. The van der Waals surface area contributed by atoms with Gasteiger partial charge < -0.3 is 30.4 Å². The Bertz CT molecular complexity index is 1190. The van der Waals surface area contributed by atoms with Crippen LogP contribution in [0.3, 0.4) is 0 Å². The van der Waals surface area contributed by atoms with E-state index in [1.54, 1.807) is 0 Å². The molecule has 4 rings (SSSR count). The Balaban J connectivity index is 1.92. The summed E-state index contributed by atoms with van der Waals surface area (Å²) in [6, 6.07) is 6.46. The normalized spacial score (nSPS) is 13.1. The number of pyridine rings is 1. The lowest BCUT2D eigenvalue weighted by molar-refractivity contribution is 0.0691. The Morgan fingerprint density at radius 1 is 1.31 bits per heavy atom. The molecule has 0 aliphatic carbocycles. The van der Waals surface area contributed by atoms with E-state index in [-0.39, 0.29) is 0 Å². The molecule has 8 heteroatoms. The number of nitrogens with one attached hydrogen (secondary N) is 3. The molecule has 0 bridgehead atoms. The first kappa shape index (κ1) is 19.1. The van der Waals surface area contributed by atoms with Gasteiger partial charge in [-0.1, -0.05) is 13.8 Å². The molecule has 0 amide bonds. The topological polar surface area (TPSA) is 119 Å². The van der Waals surface area contributed by atoms with Crippen molar-refractivity contribution in [2.45, 2.75) is 32.9 Å². The molecule has 0 saturated carbocycles. The summed E-state index contributed by atoms with van der Waals surface area (Å²) in [5.41, 5.74) is 3.23. The van der Waals surface area contributed by atoms with Crippen molar-refractivity contribution in [2.75, 3.05) is 11.9 Å². The summed E-state index contributed by atoms with van der Waals surface area (Å²) in [5.74, 6) is -1.90. The minimum atomic E-state index is -1.44. The van der Waals surface area contributed by atoms with E-state index >= 15 is 0 Å². The van der Waals surface area contributed by atoms with Crippen molar-refractivity contribution < 1.29 is 15.0 Å². The second-order valence-electron chi connectivity index (χ2n) is 7.70. The van der Waals surface area contributed by atoms with Gasteiger partial charge in [0.25, 0.3) is 5.56 Å². The fourth-order valence-corrected chi connectivity index (χ4v) is 3.90. The summed E-state index contributed by atoms with van der Waals surface area (Å²) in [4.78, 5) is 26.4. The number of aromatic hydroxyl groups is 1. The third-order valence-corrected chi connectivity index (χ3v) is 5.44. The molecule has 1 aromatic carbocycles. The van der Waals surface area contributed by atoms with Crippen LogP contribution in [0.5, 0.6) is 5.75 Å². The minimum absolute atomic E-state index is 0.370. The predicted octanol–water partition coefficient (Wildman–Crippen LogP) is 2.40. The molecule has 8 nitrogen and oxygen atoms in total. The Kier molecular flexibility index (Phi) is 4.58. The number of aryl methyl sites for hydroxylation is 1. The van der Waals surface area contributed by atoms with Crippen LogP contribution in [-0.2, 0) is 20.0 Å². The highest BCUT2D eigenvalue weighted by atomic mass is 16.4. The van der Waals surface area contributed by atoms with Crippen LogP contribution in [-0.4, -0.2) is 38.3 Å². The van der Waals surface area contributed by atoms with E-state index in [0.717, 1.165) is 34.4 Å². The second kappa shape index (κ2) is 6.97. The fourth-order valence-electron chi connectivity index (χ4n) is 3.90. The zero-order valence-electron chi connectivity index (χ0n) is 16.6. The van der Waals surface area contributed by atoms with Crippen LogP contribution in [0.4, 0.5) is 5.69 Å². The number of benzene rings is 1. The maximum atomic E-state index is 12.3. The van der Waals surface area contributed by atoms with Crippen molar-refractivity contribution in [2.24, 2.45) is 7.05 Å². The molecule has 3 heterocycles. The van der Waals surface area contributed by atoms with Crippen molar-refractivity contribution in [1.82, 2.24) is 14.9 Å². The second-order valence-corrected chi connectivity index (χ2v) is 7.70. The number of rotatable bonds is 4. The highest BCUT2D eigenvalue weighted by Gasteiger charge is 2.26. The number of hydrogen-bond donors (Lipinski definition) is 5. The van der Waals surface area contributed by atoms with Crippen LogP contribution in [0, 0.1) is 0 Å². The maximum Gasteiger partial charge on any atom is 0.345 e. The van der Waals surface area contributed by atoms with Gasteiger partial charge in [0.05, 0.1) is 11.2 Å². The number of aromatic carboxylic acids is 1. The smallest absolute Gasteiger partial charge is 0.345 e. The summed E-state index contributed by atoms with van der Waals surface area (Å²) in [7, 11) is 2.02. The standard InChI is InChI=1S/C21H24N4O4/c1-10(2)23-9-12-6-11-7-14-15(8-16(11)25(12)3)22-5-4-13-18(14)24-20(27)17(19(13)26)21(28)29/h6-8,10,22-23H,4-5,9H2,1-3H3,(H,28,29)(H2,24,26,27). The average Bonchev–Trinajstić information content (AvgIpc) is 2.83. The average molecular weight is 396 g/mol. The first-order chi connectivity index (χ1) is 13.8.